The van der Waals surface area contributed by atoms with E-state index in [-0.39, 0.29) is 11.9 Å². The number of nitrogens with zero attached hydrogens (tertiary/aromatic N) is 2. The minimum atomic E-state index is -0.263. The van der Waals surface area contributed by atoms with Gasteiger partial charge < -0.3 is 4.52 Å². The summed E-state index contributed by atoms with van der Waals surface area (Å²) in [5, 5.41) is 7.80. The molecule has 0 atom stereocenters. The van der Waals surface area contributed by atoms with Gasteiger partial charge in [0, 0.05) is 5.38 Å². The maximum atomic E-state index is 11.6. The molecule has 2 aromatic rings. The fourth-order valence-electron chi connectivity index (χ4n) is 0.946. The Morgan fingerprint density at radius 1 is 1.67 bits per heavy atom. The number of carbonyl (C=O) groups is 1. The van der Waals surface area contributed by atoms with Gasteiger partial charge in [0.15, 0.2) is 5.82 Å². The quantitative estimate of drug-likeness (QED) is 0.921. The summed E-state index contributed by atoms with van der Waals surface area (Å²) in [6.07, 6.45) is 0. The molecule has 0 fully saturated rings. The number of nitrogens with one attached hydrogen (secondary N) is 1. The minimum absolute atomic E-state index is 0.111. The summed E-state index contributed by atoms with van der Waals surface area (Å²) in [7, 11) is 0. The summed E-state index contributed by atoms with van der Waals surface area (Å²) in [5.74, 6) is 0.220. The van der Waals surface area contributed by atoms with Crippen LogP contribution >= 0.6 is 27.3 Å². The molecule has 0 aliphatic rings. The molecule has 2 aromatic heterocycles. The van der Waals surface area contributed by atoms with Crippen molar-refractivity contribution in [3.63, 3.8) is 0 Å². The summed E-state index contributed by atoms with van der Waals surface area (Å²) in [4.78, 5) is 15.4. The normalized spacial score (nSPS) is 10.3. The van der Waals surface area contributed by atoms with E-state index in [1.54, 1.807) is 18.4 Å². The minimum Gasteiger partial charge on any atom is -0.315 e. The van der Waals surface area contributed by atoms with E-state index in [9.17, 15) is 4.79 Å². The number of halogens is 1. The van der Waals surface area contributed by atoms with Crippen molar-refractivity contribution in [2.75, 3.05) is 5.32 Å². The second kappa shape index (κ2) is 4.11. The van der Waals surface area contributed by atoms with Crippen LogP contribution in [0.5, 0.6) is 0 Å². The Hall–Kier alpha value is -1.21. The lowest BCUT2D eigenvalue weighted by Crippen LogP contribution is -2.10. The summed E-state index contributed by atoms with van der Waals surface area (Å²) in [6.45, 7) is 1.68. The monoisotopic (exact) mass is 287 g/mol. The van der Waals surface area contributed by atoms with Gasteiger partial charge in [-0.25, -0.2) is 0 Å². The Kier molecular flexibility index (Phi) is 2.83. The van der Waals surface area contributed by atoms with Gasteiger partial charge in [-0.2, -0.15) is 4.98 Å². The predicted octanol–water partition coefficient (Wildman–Crippen LogP) is 2.45. The first-order chi connectivity index (χ1) is 7.15. The maximum absolute atomic E-state index is 11.6. The molecule has 2 heterocycles. The zero-order chi connectivity index (χ0) is 10.8. The van der Waals surface area contributed by atoms with Crippen molar-refractivity contribution in [1.29, 1.82) is 0 Å². The Labute approximate surface area is 97.6 Å². The topological polar surface area (TPSA) is 68.0 Å². The van der Waals surface area contributed by atoms with Crippen LogP contribution in [0.3, 0.4) is 0 Å². The fraction of sp³-hybridized carbons (Fsp3) is 0.125. The third-order valence-corrected chi connectivity index (χ3v) is 3.08. The van der Waals surface area contributed by atoms with Crippen LogP contribution in [0.1, 0.15) is 16.2 Å². The Morgan fingerprint density at radius 3 is 3.00 bits per heavy atom. The van der Waals surface area contributed by atoms with Crippen LogP contribution in [0, 0.1) is 6.92 Å². The van der Waals surface area contributed by atoms with Crippen molar-refractivity contribution in [2.45, 2.75) is 6.92 Å². The number of anilines is 1. The van der Waals surface area contributed by atoms with Gasteiger partial charge in [-0.3, -0.25) is 10.1 Å². The van der Waals surface area contributed by atoms with E-state index in [1.165, 1.54) is 11.3 Å². The van der Waals surface area contributed by atoms with E-state index < -0.39 is 0 Å². The standard InChI is InChI=1S/C8H6BrN3O2S/c1-4-10-8(14-12-4)11-7(13)5-2-6(9)15-3-5/h2-3H,1H3,(H,10,11,12,13). The molecule has 0 saturated carbocycles. The summed E-state index contributed by atoms with van der Waals surface area (Å²) < 4.78 is 5.66. The summed E-state index contributed by atoms with van der Waals surface area (Å²) in [5.41, 5.74) is 0.558. The molecule has 1 N–H and O–H groups in total. The summed E-state index contributed by atoms with van der Waals surface area (Å²) in [6, 6.07) is 1.84. The number of rotatable bonds is 2. The number of hydrogen-bond acceptors (Lipinski definition) is 5. The van der Waals surface area contributed by atoms with Crippen LogP contribution in [-0.2, 0) is 0 Å². The van der Waals surface area contributed by atoms with Crippen molar-refractivity contribution in [3.05, 3.63) is 26.6 Å². The molecule has 0 aliphatic heterocycles. The van der Waals surface area contributed by atoms with Crippen molar-refractivity contribution in [3.8, 4) is 0 Å². The molecule has 2 rings (SSSR count). The smallest absolute Gasteiger partial charge is 0.315 e. The molecule has 7 heteroatoms. The molecular formula is C8H6BrN3O2S. The van der Waals surface area contributed by atoms with Gasteiger partial charge in [0.2, 0.25) is 0 Å². The molecule has 5 nitrogen and oxygen atoms in total. The van der Waals surface area contributed by atoms with E-state index in [0.29, 0.717) is 11.4 Å². The van der Waals surface area contributed by atoms with Crippen LogP contribution in [-0.4, -0.2) is 16.0 Å². The third kappa shape index (κ3) is 2.42. The second-order valence-corrected chi connectivity index (χ2v) is 5.03. The van der Waals surface area contributed by atoms with Gasteiger partial charge in [-0.05, 0) is 28.9 Å². The SMILES string of the molecule is Cc1noc(NC(=O)c2csc(Br)c2)n1. The first kappa shape index (κ1) is 10.3. The largest absolute Gasteiger partial charge is 0.328 e. The lowest BCUT2D eigenvalue weighted by molar-refractivity contribution is 0.102. The molecule has 0 saturated heterocycles. The average Bonchev–Trinajstić information content (AvgIpc) is 2.75. The van der Waals surface area contributed by atoms with Gasteiger partial charge in [0.1, 0.15) is 0 Å². The molecule has 0 radical (unpaired) electrons. The highest BCUT2D eigenvalue weighted by Crippen LogP contribution is 2.21. The maximum Gasteiger partial charge on any atom is 0.328 e. The number of carbonyl (C=O) groups excluding carboxylic acids is 1. The van der Waals surface area contributed by atoms with E-state index in [4.69, 9.17) is 4.52 Å². The van der Waals surface area contributed by atoms with E-state index in [1.807, 2.05) is 0 Å². The van der Waals surface area contributed by atoms with Gasteiger partial charge in [0.25, 0.3) is 5.91 Å². The van der Waals surface area contributed by atoms with E-state index >= 15 is 0 Å². The molecule has 15 heavy (non-hydrogen) atoms. The first-order valence-corrected chi connectivity index (χ1v) is 5.68. The Balaban J connectivity index is 2.10. The van der Waals surface area contributed by atoms with Crippen molar-refractivity contribution in [1.82, 2.24) is 10.1 Å². The molecule has 0 spiro atoms. The van der Waals surface area contributed by atoms with E-state index in [0.717, 1.165) is 3.79 Å². The molecule has 1 amide bonds. The number of hydrogen-bond donors (Lipinski definition) is 1. The number of thiophene rings is 1. The van der Waals surface area contributed by atoms with Gasteiger partial charge in [-0.1, -0.05) is 5.16 Å². The first-order valence-electron chi connectivity index (χ1n) is 4.01. The van der Waals surface area contributed by atoms with Crippen molar-refractivity contribution >= 4 is 39.2 Å². The highest BCUT2D eigenvalue weighted by atomic mass is 79.9. The van der Waals surface area contributed by atoms with Crippen molar-refractivity contribution in [2.24, 2.45) is 0 Å². The van der Waals surface area contributed by atoms with Gasteiger partial charge in [-0.15, -0.1) is 11.3 Å². The van der Waals surface area contributed by atoms with E-state index in [2.05, 4.69) is 31.4 Å². The van der Waals surface area contributed by atoms with Crippen molar-refractivity contribution < 1.29 is 9.32 Å². The average molecular weight is 288 g/mol. The molecule has 0 aromatic carbocycles. The Bertz CT molecular complexity index is 494. The van der Waals surface area contributed by atoms with Gasteiger partial charge >= 0.3 is 6.01 Å². The summed E-state index contributed by atoms with van der Waals surface area (Å²) >= 11 is 4.71. The Morgan fingerprint density at radius 2 is 2.47 bits per heavy atom. The van der Waals surface area contributed by atoms with Crippen LogP contribution in [0.4, 0.5) is 6.01 Å². The highest BCUT2D eigenvalue weighted by Gasteiger charge is 2.11. The van der Waals surface area contributed by atoms with Crippen LogP contribution in [0.25, 0.3) is 0 Å². The molecule has 0 unspecified atom stereocenters. The molecular weight excluding hydrogens is 282 g/mol. The van der Waals surface area contributed by atoms with Crippen LogP contribution < -0.4 is 5.32 Å². The third-order valence-electron chi connectivity index (χ3n) is 1.58. The number of aryl methyl sites for hydroxylation is 1. The number of amides is 1. The second-order valence-electron chi connectivity index (χ2n) is 2.74. The molecule has 0 aliphatic carbocycles. The highest BCUT2D eigenvalue weighted by molar-refractivity contribution is 9.11. The fourth-order valence-corrected chi connectivity index (χ4v) is 2.08. The zero-order valence-electron chi connectivity index (χ0n) is 7.65. The zero-order valence-corrected chi connectivity index (χ0v) is 10.1. The van der Waals surface area contributed by atoms with Gasteiger partial charge in [0.05, 0.1) is 9.35 Å². The molecule has 78 valence electrons. The number of aromatic nitrogens is 2. The lowest BCUT2D eigenvalue weighted by atomic mass is 10.3. The molecule has 0 bridgehead atoms. The lowest BCUT2D eigenvalue weighted by Gasteiger charge is -1.95. The van der Waals surface area contributed by atoms with Crippen LogP contribution in [0.15, 0.2) is 19.8 Å². The predicted molar refractivity (Wildman–Crippen MR) is 59.0 cm³/mol. The van der Waals surface area contributed by atoms with Crippen LogP contribution in [0.2, 0.25) is 0 Å².